The minimum Gasteiger partial charge on any atom is -0.492 e. The molecule has 3 aromatic rings. The molecule has 1 amide bonds. The molecule has 0 bridgehead atoms. The van der Waals surface area contributed by atoms with E-state index in [1.807, 2.05) is 43.5 Å². The predicted molar refractivity (Wildman–Crippen MR) is 124 cm³/mol. The summed E-state index contributed by atoms with van der Waals surface area (Å²) in [6.45, 7) is 3.83. The number of ether oxygens (including phenoxy) is 2. The number of hydrogen-bond donors (Lipinski definition) is 0. The smallest absolute Gasteiger partial charge is 0.233 e. The molecular weight excluding hydrogens is 416 g/mol. The van der Waals surface area contributed by atoms with Gasteiger partial charge in [0.1, 0.15) is 11.3 Å². The molecule has 1 aliphatic rings. The molecule has 0 saturated carbocycles. The molecule has 1 aromatic heterocycles. The van der Waals surface area contributed by atoms with Crippen molar-refractivity contribution in [2.75, 3.05) is 30.9 Å². The maximum atomic E-state index is 13.3. The molecule has 2 aromatic carbocycles. The van der Waals surface area contributed by atoms with E-state index < -0.39 is 0 Å². The number of aromatic nitrogens is 1. The Kier molecular flexibility index (Phi) is 6.92. The van der Waals surface area contributed by atoms with Crippen molar-refractivity contribution in [2.24, 2.45) is 0 Å². The zero-order chi connectivity index (χ0) is 20.9. The van der Waals surface area contributed by atoms with Crippen molar-refractivity contribution >= 4 is 44.4 Å². The first kappa shape index (κ1) is 21.2. The number of anilines is 1. The number of carbonyl (C=O) groups is 1. The maximum Gasteiger partial charge on any atom is 0.233 e. The molecule has 30 heavy (non-hydrogen) atoms. The summed E-state index contributed by atoms with van der Waals surface area (Å²) in [7, 11) is 0. The van der Waals surface area contributed by atoms with Crippen LogP contribution in [0.3, 0.4) is 0 Å². The van der Waals surface area contributed by atoms with Gasteiger partial charge in [0.2, 0.25) is 5.91 Å². The lowest BCUT2D eigenvalue weighted by atomic mass is 10.1. The van der Waals surface area contributed by atoms with Crippen LogP contribution in [0.1, 0.15) is 25.3 Å². The molecule has 0 radical (unpaired) electrons. The maximum absolute atomic E-state index is 13.3. The first-order valence-electron chi connectivity index (χ1n) is 10.2. The monoisotopic (exact) mass is 442 g/mol. The van der Waals surface area contributed by atoms with Crippen LogP contribution in [0.15, 0.2) is 47.4 Å². The summed E-state index contributed by atoms with van der Waals surface area (Å²) in [6, 6.07) is 14.1. The number of para-hydroxylation sites is 1. The Morgan fingerprint density at radius 3 is 2.83 bits per heavy atom. The normalized spacial score (nSPS) is 16.1. The molecule has 1 aliphatic heterocycles. The number of thiazole rings is 1. The molecule has 2 heterocycles. The van der Waals surface area contributed by atoms with Crippen LogP contribution in [0, 0.1) is 0 Å². The minimum atomic E-state index is 0.0411. The van der Waals surface area contributed by atoms with Gasteiger partial charge >= 0.3 is 0 Å². The molecular formula is C23H26N2O3S2. The second-order valence-corrected chi connectivity index (χ2v) is 9.09. The average molecular weight is 443 g/mol. The summed E-state index contributed by atoms with van der Waals surface area (Å²) in [4.78, 5) is 21.1. The summed E-state index contributed by atoms with van der Waals surface area (Å²) < 4.78 is 12.6. The number of hydrogen-bond acceptors (Lipinski definition) is 6. The summed E-state index contributed by atoms with van der Waals surface area (Å²) >= 11 is 3.23. The van der Waals surface area contributed by atoms with Crippen LogP contribution in [0.2, 0.25) is 0 Å². The van der Waals surface area contributed by atoms with Crippen LogP contribution in [-0.2, 0) is 16.0 Å². The van der Waals surface area contributed by atoms with Gasteiger partial charge in [-0.2, -0.15) is 0 Å². The molecule has 1 atom stereocenters. The summed E-state index contributed by atoms with van der Waals surface area (Å²) in [6.07, 6.45) is 4.47. The number of thioether (sulfide) groups is 1. The highest BCUT2D eigenvalue weighted by molar-refractivity contribution is 7.98. The summed E-state index contributed by atoms with van der Waals surface area (Å²) in [5.41, 5.74) is 1.82. The standard InChI is InChI=1S/C23H26N2O3S2/c1-3-27-19-7-4-8-20-22(19)24-23(30-20)25(15-17-6-5-13-28-17)21(26)14-16-9-11-18(29-2)12-10-16/h4,7-12,17H,3,5-6,13-15H2,1-2H3. The van der Waals surface area contributed by atoms with E-state index in [1.54, 1.807) is 16.7 Å². The number of benzene rings is 2. The van der Waals surface area contributed by atoms with Gasteiger partial charge in [-0.1, -0.05) is 29.5 Å². The molecule has 1 fully saturated rings. The van der Waals surface area contributed by atoms with E-state index in [0.29, 0.717) is 24.7 Å². The molecule has 5 nitrogen and oxygen atoms in total. The third-order valence-corrected chi connectivity index (χ3v) is 6.91. The number of fused-ring (bicyclic) bond motifs is 1. The third kappa shape index (κ3) is 4.79. The predicted octanol–water partition coefficient (Wildman–Crippen LogP) is 5.17. The van der Waals surface area contributed by atoms with Crippen molar-refractivity contribution in [1.82, 2.24) is 4.98 Å². The molecule has 0 aliphatic carbocycles. The number of nitrogens with zero attached hydrogens (tertiary/aromatic N) is 2. The highest BCUT2D eigenvalue weighted by Gasteiger charge is 2.26. The summed E-state index contributed by atoms with van der Waals surface area (Å²) in [5, 5.41) is 0.707. The van der Waals surface area contributed by atoms with Crippen molar-refractivity contribution in [1.29, 1.82) is 0 Å². The Bertz CT molecular complexity index is 997. The van der Waals surface area contributed by atoms with Crippen molar-refractivity contribution in [3.63, 3.8) is 0 Å². The van der Waals surface area contributed by atoms with Gasteiger partial charge in [-0.3, -0.25) is 9.69 Å². The van der Waals surface area contributed by atoms with Crippen molar-refractivity contribution < 1.29 is 14.3 Å². The zero-order valence-electron chi connectivity index (χ0n) is 17.3. The van der Waals surface area contributed by atoms with Crippen molar-refractivity contribution in [3.8, 4) is 5.75 Å². The van der Waals surface area contributed by atoms with Gasteiger partial charge in [0.25, 0.3) is 0 Å². The van der Waals surface area contributed by atoms with Gasteiger partial charge in [0, 0.05) is 11.5 Å². The summed E-state index contributed by atoms with van der Waals surface area (Å²) in [5.74, 6) is 0.800. The van der Waals surface area contributed by atoms with Gasteiger partial charge in [-0.05, 0) is 55.9 Å². The Morgan fingerprint density at radius 2 is 2.13 bits per heavy atom. The first-order chi connectivity index (χ1) is 14.7. The topological polar surface area (TPSA) is 51.7 Å². The van der Waals surface area contributed by atoms with Crippen LogP contribution >= 0.6 is 23.1 Å². The molecule has 4 rings (SSSR count). The largest absolute Gasteiger partial charge is 0.492 e. The SMILES string of the molecule is CCOc1cccc2sc(N(CC3CCCO3)C(=O)Cc3ccc(SC)cc3)nc12. The quantitative estimate of drug-likeness (QED) is 0.451. The second kappa shape index (κ2) is 9.81. The van der Waals surface area contributed by atoms with Gasteiger partial charge in [0.15, 0.2) is 5.13 Å². The van der Waals surface area contributed by atoms with E-state index in [1.165, 1.54) is 16.2 Å². The average Bonchev–Trinajstić information content (AvgIpc) is 3.43. The molecule has 158 valence electrons. The van der Waals surface area contributed by atoms with Crippen molar-refractivity contribution in [3.05, 3.63) is 48.0 Å². The van der Waals surface area contributed by atoms with Crippen LogP contribution < -0.4 is 9.64 Å². The van der Waals surface area contributed by atoms with Crippen LogP contribution in [-0.4, -0.2) is 43.0 Å². The van der Waals surface area contributed by atoms with Gasteiger partial charge in [-0.15, -0.1) is 11.8 Å². The van der Waals surface area contributed by atoms with E-state index in [0.717, 1.165) is 41.0 Å². The Hall–Kier alpha value is -2.09. The Morgan fingerprint density at radius 1 is 1.30 bits per heavy atom. The molecule has 1 unspecified atom stereocenters. The third-order valence-electron chi connectivity index (χ3n) is 5.13. The minimum absolute atomic E-state index is 0.0411. The van der Waals surface area contributed by atoms with E-state index in [2.05, 4.69) is 12.1 Å². The van der Waals surface area contributed by atoms with E-state index >= 15 is 0 Å². The van der Waals surface area contributed by atoms with Crippen LogP contribution in [0.25, 0.3) is 10.2 Å². The molecule has 0 spiro atoms. The van der Waals surface area contributed by atoms with E-state index in [4.69, 9.17) is 14.5 Å². The highest BCUT2D eigenvalue weighted by atomic mass is 32.2. The Balaban J connectivity index is 1.62. The fourth-order valence-electron chi connectivity index (χ4n) is 3.59. The highest BCUT2D eigenvalue weighted by Crippen LogP contribution is 2.35. The van der Waals surface area contributed by atoms with E-state index in [-0.39, 0.29) is 12.0 Å². The molecule has 1 saturated heterocycles. The number of rotatable bonds is 8. The lowest BCUT2D eigenvalue weighted by Crippen LogP contribution is -2.38. The van der Waals surface area contributed by atoms with Gasteiger partial charge in [-0.25, -0.2) is 4.98 Å². The fraction of sp³-hybridized carbons (Fsp3) is 0.391. The van der Waals surface area contributed by atoms with Gasteiger partial charge < -0.3 is 9.47 Å². The zero-order valence-corrected chi connectivity index (χ0v) is 18.9. The van der Waals surface area contributed by atoms with Crippen LogP contribution in [0.5, 0.6) is 5.75 Å². The molecule has 0 N–H and O–H groups in total. The van der Waals surface area contributed by atoms with Gasteiger partial charge in [0.05, 0.1) is 30.4 Å². The second-order valence-electron chi connectivity index (χ2n) is 7.20. The van der Waals surface area contributed by atoms with Crippen LogP contribution in [0.4, 0.5) is 5.13 Å². The number of carbonyl (C=O) groups excluding carboxylic acids is 1. The number of amides is 1. The fourth-order valence-corrected chi connectivity index (χ4v) is 5.01. The van der Waals surface area contributed by atoms with Crippen molar-refractivity contribution in [2.45, 2.75) is 37.2 Å². The lowest BCUT2D eigenvalue weighted by Gasteiger charge is -2.23. The lowest BCUT2D eigenvalue weighted by molar-refractivity contribution is -0.118. The first-order valence-corrected chi connectivity index (χ1v) is 12.3. The Labute approximate surface area is 185 Å². The molecule has 7 heteroatoms. The van der Waals surface area contributed by atoms with E-state index in [9.17, 15) is 4.79 Å².